The van der Waals surface area contributed by atoms with E-state index in [2.05, 4.69) is 31.0 Å². The number of fused-ring (bicyclic) bond motifs is 1. The van der Waals surface area contributed by atoms with E-state index in [9.17, 15) is 32.5 Å². The van der Waals surface area contributed by atoms with Crippen molar-refractivity contribution in [2.45, 2.75) is 50.0 Å². The Morgan fingerprint density at radius 3 is 2.68 bits per heavy atom. The van der Waals surface area contributed by atoms with Crippen molar-refractivity contribution in [3.63, 3.8) is 0 Å². The van der Waals surface area contributed by atoms with Gasteiger partial charge in [-0.3, -0.25) is 14.1 Å². The number of hydrogen-bond donors (Lipinski definition) is 5. The molecular weight excluding hydrogens is 534 g/mol. The quantitative estimate of drug-likeness (QED) is 0.0930. The van der Waals surface area contributed by atoms with E-state index in [4.69, 9.17) is 10.6 Å². The third-order valence-electron chi connectivity index (χ3n) is 6.08. The van der Waals surface area contributed by atoms with Gasteiger partial charge in [-0.15, -0.1) is 11.3 Å². The molecule has 1 saturated carbocycles. The Hall–Kier alpha value is -3.68. The van der Waals surface area contributed by atoms with Crippen LogP contribution in [-0.4, -0.2) is 90.1 Å². The number of carboxylic acids is 1. The number of carbonyl (C=O) groups is 3. The van der Waals surface area contributed by atoms with Crippen LogP contribution in [0.5, 0.6) is 0 Å². The van der Waals surface area contributed by atoms with Crippen LogP contribution in [0, 0.1) is 0 Å². The van der Waals surface area contributed by atoms with E-state index < -0.39 is 51.5 Å². The number of thiazole rings is 1. The van der Waals surface area contributed by atoms with Crippen LogP contribution in [0.2, 0.25) is 0 Å². The van der Waals surface area contributed by atoms with Gasteiger partial charge in [-0.1, -0.05) is 5.16 Å². The molecule has 6 N–H and O–H groups in total. The van der Waals surface area contributed by atoms with Crippen molar-refractivity contribution in [2.24, 2.45) is 5.16 Å². The minimum atomic E-state index is -4.95. The molecule has 0 aromatic carbocycles. The number of anilines is 1. The Bertz CT molecular complexity index is 1390. The van der Waals surface area contributed by atoms with Crippen LogP contribution in [0.1, 0.15) is 29.9 Å². The molecular formula is C18H21N9O8S2. The van der Waals surface area contributed by atoms with Crippen LogP contribution in [0.4, 0.5) is 5.13 Å². The molecule has 1 saturated heterocycles. The molecule has 17 nitrogen and oxygen atoms in total. The van der Waals surface area contributed by atoms with Crippen LogP contribution < -0.4 is 16.4 Å². The van der Waals surface area contributed by atoms with E-state index in [1.54, 1.807) is 0 Å². The number of hydrogen-bond acceptors (Lipinski definition) is 13. The maximum Gasteiger partial charge on any atom is 0.362 e. The summed E-state index contributed by atoms with van der Waals surface area (Å²) in [7, 11) is -4.95. The Labute approximate surface area is 212 Å². The van der Waals surface area contributed by atoms with Gasteiger partial charge in [0.15, 0.2) is 10.8 Å². The third-order valence-corrected chi connectivity index (χ3v) is 7.70. The second kappa shape index (κ2) is 9.01. The van der Waals surface area contributed by atoms with E-state index >= 15 is 0 Å². The van der Waals surface area contributed by atoms with E-state index in [1.807, 2.05) is 0 Å². The molecule has 4 heterocycles. The summed E-state index contributed by atoms with van der Waals surface area (Å²) in [6.45, 7) is 0.908. The number of β-lactam (4-membered cyclic amide) rings is 1. The highest BCUT2D eigenvalue weighted by Crippen LogP contribution is 2.40. The van der Waals surface area contributed by atoms with Crippen LogP contribution in [0.15, 0.2) is 10.5 Å². The first kappa shape index (κ1) is 25.0. The second-order valence-electron chi connectivity index (χ2n) is 8.61. The fourth-order valence-electron chi connectivity index (χ4n) is 3.95. The molecule has 37 heavy (non-hydrogen) atoms. The van der Waals surface area contributed by atoms with Crippen molar-refractivity contribution < 1.29 is 37.3 Å². The van der Waals surface area contributed by atoms with Crippen LogP contribution in [0.3, 0.4) is 0 Å². The summed E-state index contributed by atoms with van der Waals surface area (Å²) in [5.41, 5.74) is 4.95. The summed E-state index contributed by atoms with van der Waals surface area (Å²) < 4.78 is 33.5. The zero-order valence-electron chi connectivity index (χ0n) is 18.9. The van der Waals surface area contributed by atoms with Crippen molar-refractivity contribution >= 4 is 50.3 Å². The fraction of sp³-hybridized carbons (Fsp3) is 0.500. The molecule has 2 aromatic rings. The summed E-state index contributed by atoms with van der Waals surface area (Å²) in [6.07, 6.45) is 0.973. The zero-order chi connectivity index (χ0) is 26.5. The van der Waals surface area contributed by atoms with Crippen LogP contribution in [0.25, 0.3) is 0 Å². The summed E-state index contributed by atoms with van der Waals surface area (Å²) in [5.74, 6) is -3.35. The molecule has 0 bridgehead atoms. The van der Waals surface area contributed by atoms with Crippen molar-refractivity contribution in [3.05, 3.63) is 22.5 Å². The van der Waals surface area contributed by atoms with Crippen LogP contribution in [-0.2, 0) is 49.0 Å². The van der Waals surface area contributed by atoms with Gasteiger partial charge in [0.2, 0.25) is 5.60 Å². The first-order valence-corrected chi connectivity index (χ1v) is 13.2. The van der Waals surface area contributed by atoms with Crippen molar-refractivity contribution in [2.75, 3.05) is 12.3 Å². The Kier molecular flexibility index (Phi) is 6.09. The predicted molar refractivity (Wildman–Crippen MR) is 123 cm³/mol. The largest absolute Gasteiger partial charge is 0.478 e. The number of nitrogens with zero attached hydrogens (tertiary/aromatic N) is 6. The summed E-state index contributed by atoms with van der Waals surface area (Å²) in [4.78, 5) is 47.5. The minimum Gasteiger partial charge on any atom is -0.478 e. The van der Waals surface area contributed by atoms with E-state index in [0.717, 1.165) is 11.3 Å². The first-order chi connectivity index (χ1) is 17.5. The predicted octanol–water partition coefficient (Wildman–Crippen LogP) is -2.50. The van der Waals surface area contributed by atoms with Crippen molar-refractivity contribution in [1.82, 2.24) is 34.9 Å². The molecule has 5 rings (SSSR count). The maximum absolute atomic E-state index is 13.1. The van der Waals surface area contributed by atoms with E-state index in [0.29, 0.717) is 30.9 Å². The number of rotatable bonds is 9. The van der Waals surface area contributed by atoms with Gasteiger partial charge in [0.25, 0.3) is 11.8 Å². The monoisotopic (exact) mass is 555 g/mol. The first-order valence-electron chi connectivity index (χ1n) is 10.9. The molecule has 0 radical (unpaired) electrons. The van der Waals surface area contributed by atoms with Gasteiger partial charge in [-0.25, -0.2) is 14.1 Å². The van der Waals surface area contributed by atoms with Gasteiger partial charge in [0, 0.05) is 37.7 Å². The number of aromatic nitrogens is 4. The van der Waals surface area contributed by atoms with Gasteiger partial charge in [-0.2, -0.15) is 23.4 Å². The van der Waals surface area contributed by atoms with Gasteiger partial charge in [-0.05, 0) is 0 Å². The zero-order valence-corrected chi connectivity index (χ0v) is 20.5. The van der Waals surface area contributed by atoms with Gasteiger partial charge < -0.3 is 26.3 Å². The molecule has 2 amide bonds. The lowest BCUT2D eigenvalue weighted by Gasteiger charge is -2.43. The van der Waals surface area contributed by atoms with Gasteiger partial charge in [0.05, 0.1) is 17.9 Å². The highest BCUT2D eigenvalue weighted by Gasteiger charge is 2.56. The molecule has 2 aliphatic heterocycles. The Morgan fingerprint density at radius 2 is 2.08 bits per heavy atom. The molecule has 1 aliphatic carbocycles. The SMILES string of the molecule is Nc1nc(C(=NOC2(C(=O)O)CC2)C(=O)NC2C(=O)N(S(=O)(=O)O)C2Cn2nc3c(n2)CNCC3)cs1. The lowest BCUT2D eigenvalue weighted by Crippen LogP contribution is -2.73. The molecule has 2 unspecified atom stereocenters. The number of nitrogens with one attached hydrogen (secondary N) is 2. The number of oxime groups is 1. The smallest absolute Gasteiger partial charge is 0.362 e. The highest BCUT2D eigenvalue weighted by molar-refractivity contribution is 7.84. The van der Waals surface area contributed by atoms with E-state index in [-0.39, 0.29) is 34.5 Å². The van der Waals surface area contributed by atoms with Gasteiger partial charge >= 0.3 is 16.3 Å². The van der Waals surface area contributed by atoms with Crippen LogP contribution >= 0.6 is 11.3 Å². The number of nitrogens with two attached hydrogens (primary N) is 1. The average molecular weight is 556 g/mol. The minimum absolute atomic E-state index is 0.0370. The molecule has 2 fully saturated rings. The number of nitrogen functional groups attached to an aromatic ring is 1. The molecule has 2 aromatic heterocycles. The lowest BCUT2D eigenvalue weighted by molar-refractivity contribution is -0.153. The second-order valence-corrected chi connectivity index (χ2v) is 10.8. The molecule has 198 valence electrons. The molecule has 19 heteroatoms. The molecule has 0 spiro atoms. The van der Waals surface area contributed by atoms with Crippen molar-refractivity contribution in [3.8, 4) is 0 Å². The average Bonchev–Trinajstić information content (AvgIpc) is 3.32. The molecule has 2 atom stereocenters. The standard InChI is InChI=1S/C18H21N9O8S2/c19-17-21-10(7-36-17)12(25-35-18(2-3-18)16(30)31)14(28)22-13-11(27(15(13)29)37(32,33)34)6-26-23-8-1-4-20-5-9(8)24-26/h7,11,13,20H,1-6H2,(H2,19,21)(H,22,28)(H,30,31)(H,32,33,34). The van der Waals surface area contributed by atoms with Gasteiger partial charge in [0.1, 0.15) is 17.8 Å². The number of amides is 2. The topological polar surface area (TPSA) is 244 Å². The molecule has 3 aliphatic rings. The Balaban J connectivity index is 1.39. The summed E-state index contributed by atoms with van der Waals surface area (Å²) in [5, 5.41) is 28.6. The van der Waals surface area contributed by atoms with Crippen molar-refractivity contribution in [1.29, 1.82) is 0 Å². The summed E-state index contributed by atoms with van der Waals surface area (Å²) >= 11 is 0.985. The number of aliphatic carboxylic acids is 1. The fourth-order valence-corrected chi connectivity index (χ4v) is 5.37. The third kappa shape index (κ3) is 4.72. The Morgan fingerprint density at radius 1 is 1.35 bits per heavy atom. The highest BCUT2D eigenvalue weighted by atomic mass is 32.2. The number of carboxylic acid groups (broad SMARTS) is 1. The lowest BCUT2D eigenvalue weighted by atomic mass is 9.98. The number of carbonyl (C=O) groups excluding carboxylic acids is 2. The normalized spacial score (nSPS) is 22.7. The summed E-state index contributed by atoms with van der Waals surface area (Å²) in [6, 6.07) is -2.67. The maximum atomic E-state index is 13.1. The van der Waals surface area contributed by atoms with E-state index in [1.165, 1.54) is 10.2 Å².